The molecule has 1 aromatic rings. The quantitative estimate of drug-likeness (QED) is 0.876. The molecule has 0 amide bonds. The summed E-state index contributed by atoms with van der Waals surface area (Å²) in [7, 11) is 0. The van der Waals surface area contributed by atoms with Gasteiger partial charge in [0.2, 0.25) is 0 Å². The second-order valence-electron chi connectivity index (χ2n) is 6.53. The van der Waals surface area contributed by atoms with Gasteiger partial charge in [-0.3, -0.25) is 4.68 Å². The first-order valence-corrected chi connectivity index (χ1v) is 8.38. The van der Waals surface area contributed by atoms with Crippen LogP contribution in [0.4, 0.5) is 0 Å². The molecule has 1 aliphatic heterocycles. The van der Waals surface area contributed by atoms with E-state index in [4.69, 9.17) is 16.3 Å². The third-order valence-corrected chi connectivity index (χ3v) is 4.78. The van der Waals surface area contributed by atoms with Crippen LogP contribution in [0, 0.1) is 12.3 Å². The zero-order chi connectivity index (χ0) is 15.5. The lowest BCUT2D eigenvalue weighted by Gasteiger charge is -2.38. The third-order valence-electron chi connectivity index (χ3n) is 4.28. The van der Waals surface area contributed by atoms with Crippen LogP contribution in [0.3, 0.4) is 0 Å². The van der Waals surface area contributed by atoms with E-state index in [1.54, 1.807) is 0 Å². The molecule has 1 saturated heterocycles. The van der Waals surface area contributed by atoms with Crippen molar-refractivity contribution >= 4 is 11.6 Å². The minimum atomic E-state index is 0.131. The van der Waals surface area contributed by atoms with E-state index in [1.165, 1.54) is 6.42 Å². The summed E-state index contributed by atoms with van der Waals surface area (Å²) in [5.74, 6) is 0. The Morgan fingerprint density at radius 3 is 2.81 bits per heavy atom. The molecule has 1 aliphatic rings. The van der Waals surface area contributed by atoms with Crippen LogP contribution in [0.5, 0.6) is 0 Å². The summed E-state index contributed by atoms with van der Waals surface area (Å²) in [5, 5.41) is 8.96. The van der Waals surface area contributed by atoms with E-state index in [1.807, 2.05) is 11.6 Å². The Morgan fingerprint density at radius 1 is 1.48 bits per heavy atom. The summed E-state index contributed by atoms with van der Waals surface area (Å²) in [6, 6.07) is 0.483. The highest BCUT2D eigenvalue weighted by atomic mass is 35.5. The van der Waals surface area contributed by atoms with Crippen molar-refractivity contribution in [1.82, 2.24) is 15.1 Å². The van der Waals surface area contributed by atoms with Crippen LogP contribution in [0.2, 0.25) is 5.02 Å². The molecule has 0 aliphatic carbocycles. The van der Waals surface area contributed by atoms with Gasteiger partial charge in [-0.05, 0) is 33.1 Å². The summed E-state index contributed by atoms with van der Waals surface area (Å²) in [6.07, 6.45) is 3.23. The number of aryl methyl sites for hydroxylation is 2. The minimum Gasteiger partial charge on any atom is -0.381 e. The fourth-order valence-corrected chi connectivity index (χ4v) is 3.27. The monoisotopic (exact) mass is 313 g/mol. The highest BCUT2D eigenvalue weighted by Gasteiger charge is 2.35. The summed E-state index contributed by atoms with van der Waals surface area (Å²) >= 11 is 6.49. The number of hydrogen-bond acceptors (Lipinski definition) is 3. The van der Waals surface area contributed by atoms with Crippen molar-refractivity contribution < 1.29 is 4.74 Å². The van der Waals surface area contributed by atoms with Gasteiger partial charge in [0.25, 0.3) is 0 Å². The van der Waals surface area contributed by atoms with Crippen LogP contribution in [0.1, 0.15) is 45.0 Å². The Kier molecular flexibility index (Phi) is 5.69. The van der Waals surface area contributed by atoms with E-state index in [-0.39, 0.29) is 5.41 Å². The van der Waals surface area contributed by atoms with Crippen molar-refractivity contribution in [3.63, 3.8) is 0 Å². The van der Waals surface area contributed by atoms with Gasteiger partial charge in [-0.2, -0.15) is 5.10 Å². The Hall–Kier alpha value is -0.580. The van der Waals surface area contributed by atoms with Gasteiger partial charge in [-0.25, -0.2) is 0 Å². The molecule has 1 unspecified atom stereocenters. The number of halogens is 1. The standard InChI is InChI=1S/C16H28ClN3O/c1-5-20-14(15(17)13(4)19-20)9-16(10-18-12(2)3)7-6-8-21-11-16/h12,18H,5-11H2,1-4H3. The number of rotatable bonds is 6. The average Bonchev–Trinajstić information content (AvgIpc) is 2.74. The maximum Gasteiger partial charge on any atom is 0.0847 e. The number of nitrogens with one attached hydrogen (secondary N) is 1. The first-order valence-electron chi connectivity index (χ1n) is 8.00. The van der Waals surface area contributed by atoms with Gasteiger partial charge >= 0.3 is 0 Å². The average molecular weight is 314 g/mol. The largest absolute Gasteiger partial charge is 0.381 e. The van der Waals surface area contributed by atoms with E-state index in [9.17, 15) is 0 Å². The van der Waals surface area contributed by atoms with Crippen LogP contribution in [0.15, 0.2) is 0 Å². The topological polar surface area (TPSA) is 39.1 Å². The molecule has 2 rings (SSSR count). The molecule has 1 aromatic heterocycles. The Balaban J connectivity index is 2.22. The van der Waals surface area contributed by atoms with E-state index >= 15 is 0 Å². The van der Waals surface area contributed by atoms with Crippen LogP contribution < -0.4 is 5.32 Å². The number of ether oxygens (including phenoxy) is 1. The maximum atomic E-state index is 6.49. The minimum absolute atomic E-state index is 0.131. The molecule has 5 heteroatoms. The molecule has 0 spiro atoms. The molecule has 0 bridgehead atoms. The molecule has 120 valence electrons. The normalized spacial score (nSPS) is 23.0. The molecular formula is C16H28ClN3O. The lowest BCUT2D eigenvalue weighted by molar-refractivity contribution is -0.00899. The van der Waals surface area contributed by atoms with Gasteiger partial charge in [0, 0.05) is 31.2 Å². The van der Waals surface area contributed by atoms with Crippen molar-refractivity contribution in [2.75, 3.05) is 19.8 Å². The molecule has 21 heavy (non-hydrogen) atoms. The number of aromatic nitrogens is 2. The lowest BCUT2D eigenvalue weighted by Crippen LogP contribution is -2.45. The van der Waals surface area contributed by atoms with Crippen molar-refractivity contribution in [2.24, 2.45) is 5.41 Å². The Morgan fingerprint density at radius 2 is 2.24 bits per heavy atom. The molecule has 4 nitrogen and oxygen atoms in total. The number of nitrogens with zero attached hydrogens (tertiary/aromatic N) is 2. The van der Waals surface area contributed by atoms with E-state index in [0.717, 1.165) is 55.6 Å². The van der Waals surface area contributed by atoms with Gasteiger partial charge in [0.1, 0.15) is 0 Å². The zero-order valence-corrected chi connectivity index (χ0v) is 14.5. The van der Waals surface area contributed by atoms with E-state index in [0.29, 0.717) is 6.04 Å². The fraction of sp³-hybridized carbons (Fsp3) is 0.812. The zero-order valence-electron chi connectivity index (χ0n) is 13.7. The Labute approximate surface area is 133 Å². The van der Waals surface area contributed by atoms with Gasteiger partial charge in [0.05, 0.1) is 23.0 Å². The summed E-state index contributed by atoms with van der Waals surface area (Å²) in [6.45, 7) is 12.0. The highest BCUT2D eigenvalue weighted by Crippen LogP contribution is 2.35. The predicted molar refractivity (Wildman–Crippen MR) is 87.0 cm³/mol. The molecular weight excluding hydrogens is 286 g/mol. The van der Waals surface area contributed by atoms with E-state index in [2.05, 4.69) is 31.2 Å². The highest BCUT2D eigenvalue weighted by molar-refractivity contribution is 6.31. The van der Waals surface area contributed by atoms with Crippen LogP contribution in [-0.2, 0) is 17.7 Å². The maximum absolute atomic E-state index is 6.49. The number of hydrogen-bond donors (Lipinski definition) is 1. The van der Waals surface area contributed by atoms with Crippen LogP contribution >= 0.6 is 11.6 Å². The molecule has 1 fully saturated rings. The van der Waals surface area contributed by atoms with Crippen molar-refractivity contribution in [3.8, 4) is 0 Å². The molecule has 0 radical (unpaired) electrons. The molecule has 1 atom stereocenters. The molecule has 2 heterocycles. The Bertz CT molecular complexity index is 464. The summed E-state index contributed by atoms with van der Waals surface area (Å²) in [5.41, 5.74) is 2.22. The summed E-state index contributed by atoms with van der Waals surface area (Å²) in [4.78, 5) is 0. The van der Waals surface area contributed by atoms with Gasteiger partial charge in [-0.1, -0.05) is 25.4 Å². The van der Waals surface area contributed by atoms with Crippen molar-refractivity contribution in [1.29, 1.82) is 0 Å². The van der Waals surface area contributed by atoms with Gasteiger partial charge in [-0.15, -0.1) is 0 Å². The van der Waals surface area contributed by atoms with Crippen molar-refractivity contribution in [3.05, 3.63) is 16.4 Å². The molecule has 0 aromatic carbocycles. The van der Waals surface area contributed by atoms with Crippen LogP contribution in [0.25, 0.3) is 0 Å². The SMILES string of the molecule is CCn1nc(C)c(Cl)c1CC1(CNC(C)C)CCCOC1. The van der Waals surface area contributed by atoms with E-state index < -0.39 is 0 Å². The molecule has 1 N–H and O–H groups in total. The first-order chi connectivity index (χ1) is 9.97. The first kappa shape index (κ1) is 16.8. The molecule has 0 saturated carbocycles. The van der Waals surface area contributed by atoms with Crippen molar-refractivity contribution in [2.45, 2.75) is 59.5 Å². The van der Waals surface area contributed by atoms with Gasteiger partial charge < -0.3 is 10.1 Å². The fourth-order valence-electron chi connectivity index (χ4n) is 3.07. The second kappa shape index (κ2) is 7.12. The lowest BCUT2D eigenvalue weighted by atomic mass is 9.78. The summed E-state index contributed by atoms with van der Waals surface area (Å²) < 4.78 is 7.84. The third kappa shape index (κ3) is 3.99. The predicted octanol–water partition coefficient (Wildman–Crippen LogP) is 3.20. The smallest absolute Gasteiger partial charge is 0.0847 e. The second-order valence-corrected chi connectivity index (χ2v) is 6.91. The van der Waals surface area contributed by atoms with Gasteiger partial charge in [0.15, 0.2) is 0 Å². The van der Waals surface area contributed by atoms with Crippen LogP contribution in [-0.4, -0.2) is 35.6 Å².